The molecule has 1 N–H and O–H groups in total. The zero-order chi connectivity index (χ0) is 15.2. The molecule has 0 unspecified atom stereocenters. The molecule has 6 nitrogen and oxygen atoms in total. The van der Waals surface area contributed by atoms with E-state index in [0.717, 1.165) is 6.92 Å². The Morgan fingerprint density at radius 2 is 0.944 bits per heavy atom. The molecule has 0 fully saturated rings. The third-order valence-electron chi connectivity index (χ3n) is 2.81. The van der Waals surface area contributed by atoms with Gasteiger partial charge in [0.15, 0.2) is 19.7 Å². The van der Waals surface area contributed by atoms with Crippen LogP contribution in [0.5, 0.6) is 0 Å². The van der Waals surface area contributed by atoms with E-state index in [2.05, 4.69) is 5.11 Å². The monoisotopic (exact) mass is 298 g/mol. The van der Waals surface area contributed by atoms with Crippen molar-refractivity contribution in [1.29, 1.82) is 5.53 Å². The van der Waals surface area contributed by atoms with Crippen molar-refractivity contribution in [2.45, 2.75) is 62.2 Å². The Morgan fingerprint density at radius 3 is 1.06 bits per heavy atom. The number of nitrogens with one attached hydrogen (secondary N) is 1. The molecule has 0 rings (SSSR count). The summed E-state index contributed by atoms with van der Waals surface area (Å²) in [4.78, 5) is 0. The number of sulfone groups is 2. The second-order valence-corrected chi connectivity index (χ2v) is 12.6. The van der Waals surface area contributed by atoms with E-state index in [1.54, 1.807) is 0 Å². The van der Waals surface area contributed by atoms with Crippen LogP contribution in [0.15, 0.2) is 5.11 Å². The summed E-state index contributed by atoms with van der Waals surface area (Å²) in [6.07, 6.45) is 0. The standard InChI is InChI=1S/C10H22N2O4S2/c1-8(2,3)17(13,14)10(7,12-11)18(15,16)9(4,5)6/h11H,1-7H3. The molecule has 108 valence electrons. The highest BCUT2D eigenvalue weighted by Crippen LogP contribution is 2.39. The molecule has 0 spiro atoms. The topological polar surface area (TPSA) is 104 Å². The molecule has 0 radical (unpaired) electrons. The minimum atomic E-state index is -4.17. The smallest absolute Gasteiger partial charge is 0.225 e. The average Bonchev–Trinajstić information content (AvgIpc) is 2.12. The van der Waals surface area contributed by atoms with Gasteiger partial charge in [-0.15, -0.1) is 0 Å². The van der Waals surface area contributed by atoms with Crippen LogP contribution in [-0.4, -0.2) is 30.5 Å². The van der Waals surface area contributed by atoms with Gasteiger partial charge in [0.05, 0.1) is 9.49 Å². The number of nitrogens with zero attached hydrogens (tertiary/aromatic N) is 1. The van der Waals surface area contributed by atoms with E-state index >= 15 is 0 Å². The maximum absolute atomic E-state index is 12.4. The number of hydrogen-bond donors (Lipinski definition) is 1. The van der Waals surface area contributed by atoms with Gasteiger partial charge in [0.25, 0.3) is 4.20 Å². The fourth-order valence-corrected chi connectivity index (χ4v) is 6.57. The zero-order valence-electron chi connectivity index (χ0n) is 11.9. The van der Waals surface area contributed by atoms with E-state index < -0.39 is 33.4 Å². The minimum Gasteiger partial charge on any atom is -0.225 e. The third kappa shape index (κ3) is 2.20. The van der Waals surface area contributed by atoms with Crippen molar-refractivity contribution in [3.8, 4) is 0 Å². The lowest BCUT2D eigenvalue weighted by Crippen LogP contribution is -2.54. The molecule has 0 aliphatic rings. The van der Waals surface area contributed by atoms with Crippen LogP contribution in [0.4, 0.5) is 0 Å². The van der Waals surface area contributed by atoms with Crippen molar-refractivity contribution >= 4 is 19.7 Å². The van der Waals surface area contributed by atoms with Crippen molar-refractivity contribution in [1.82, 2.24) is 0 Å². The van der Waals surface area contributed by atoms with Crippen LogP contribution in [0.25, 0.3) is 0 Å². The summed E-state index contributed by atoms with van der Waals surface area (Å²) >= 11 is 0. The highest BCUT2D eigenvalue weighted by molar-refractivity contribution is 8.11. The molecule has 0 saturated carbocycles. The van der Waals surface area contributed by atoms with Crippen molar-refractivity contribution in [2.75, 3.05) is 0 Å². The Morgan fingerprint density at radius 1 is 0.722 bits per heavy atom. The first kappa shape index (κ1) is 17.5. The highest BCUT2D eigenvalue weighted by Gasteiger charge is 2.59. The largest absolute Gasteiger partial charge is 0.278 e. The molecule has 0 bridgehead atoms. The Hall–Kier alpha value is -0.500. The van der Waals surface area contributed by atoms with Gasteiger partial charge in [0, 0.05) is 0 Å². The Balaban J connectivity index is 6.44. The van der Waals surface area contributed by atoms with E-state index in [4.69, 9.17) is 5.53 Å². The van der Waals surface area contributed by atoms with E-state index in [1.807, 2.05) is 0 Å². The van der Waals surface area contributed by atoms with Gasteiger partial charge in [-0.1, -0.05) is 0 Å². The first-order valence-electron chi connectivity index (χ1n) is 5.43. The van der Waals surface area contributed by atoms with E-state index in [9.17, 15) is 16.8 Å². The summed E-state index contributed by atoms with van der Waals surface area (Å²) in [5, 5.41) is 2.97. The minimum absolute atomic E-state index is 0.973. The average molecular weight is 298 g/mol. The fourth-order valence-electron chi connectivity index (χ4n) is 1.40. The summed E-state index contributed by atoms with van der Waals surface area (Å²) in [6, 6.07) is 0. The van der Waals surface area contributed by atoms with Crippen LogP contribution in [0, 0.1) is 5.53 Å². The summed E-state index contributed by atoms with van der Waals surface area (Å²) in [5.41, 5.74) is 7.09. The summed E-state index contributed by atoms with van der Waals surface area (Å²) < 4.78 is 44.5. The fraction of sp³-hybridized carbons (Fsp3) is 1.00. The molecule has 8 heteroatoms. The second-order valence-electron chi connectivity index (χ2n) is 6.24. The van der Waals surface area contributed by atoms with Gasteiger partial charge >= 0.3 is 0 Å². The number of rotatable bonds is 3. The summed E-state index contributed by atoms with van der Waals surface area (Å²) in [7, 11) is -8.34. The van der Waals surface area contributed by atoms with Crippen LogP contribution < -0.4 is 0 Å². The molecule has 0 saturated heterocycles. The maximum Gasteiger partial charge on any atom is 0.278 e. The molecule has 0 atom stereocenters. The van der Waals surface area contributed by atoms with Gasteiger partial charge in [-0.05, 0) is 48.5 Å². The van der Waals surface area contributed by atoms with Crippen molar-refractivity contribution in [2.24, 2.45) is 5.11 Å². The third-order valence-corrected chi connectivity index (χ3v) is 9.53. The first-order valence-corrected chi connectivity index (χ1v) is 8.40. The summed E-state index contributed by atoms with van der Waals surface area (Å²) in [6.45, 7) is 9.33. The van der Waals surface area contributed by atoms with Crippen molar-refractivity contribution < 1.29 is 16.8 Å². The lowest BCUT2D eigenvalue weighted by Gasteiger charge is -2.35. The molecule has 0 amide bonds. The van der Waals surface area contributed by atoms with Gasteiger partial charge in [-0.2, -0.15) is 5.11 Å². The van der Waals surface area contributed by atoms with Crippen LogP contribution in [-0.2, 0) is 19.7 Å². The van der Waals surface area contributed by atoms with E-state index in [1.165, 1.54) is 41.5 Å². The lowest BCUT2D eigenvalue weighted by molar-refractivity contribution is 0.504. The molecule has 0 aromatic carbocycles. The van der Waals surface area contributed by atoms with Crippen LogP contribution >= 0.6 is 0 Å². The Kier molecular flexibility index (Phi) is 4.14. The summed E-state index contributed by atoms with van der Waals surface area (Å²) in [5.74, 6) is 0. The molecule has 0 heterocycles. The molecule has 0 aliphatic heterocycles. The van der Waals surface area contributed by atoms with E-state index in [-0.39, 0.29) is 0 Å². The van der Waals surface area contributed by atoms with Gasteiger partial charge in [0.2, 0.25) is 0 Å². The highest BCUT2D eigenvalue weighted by atomic mass is 32.3. The van der Waals surface area contributed by atoms with Gasteiger partial charge in [0.1, 0.15) is 0 Å². The van der Waals surface area contributed by atoms with Gasteiger partial charge in [-0.25, -0.2) is 22.4 Å². The quantitative estimate of drug-likeness (QED) is 0.805. The second kappa shape index (κ2) is 4.26. The van der Waals surface area contributed by atoms with E-state index in [0.29, 0.717) is 0 Å². The predicted octanol–water partition coefficient (Wildman–Crippen LogP) is 2.12. The van der Waals surface area contributed by atoms with Gasteiger partial charge < -0.3 is 0 Å². The van der Waals surface area contributed by atoms with Crippen molar-refractivity contribution in [3.05, 3.63) is 0 Å². The molecular formula is C10H22N2O4S2. The Bertz CT molecular complexity index is 489. The Labute approximate surface area is 110 Å². The first-order chi connectivity index (χ1) is 7.56. The zero-order valence-corrected chi connectivity index (χ0v) is 13.5. The van der Waals surface area contributed by atoms with Crippen LogP contribution in [0.1, 0.15) is 48.5 Å². The van der Waals surface area contributed by atoms with Gasteiger partial charge in [-0.3, -0.25) is 0 Å². The molecule has 18 heavy (non-hydrogen) atoms. The van der Waals surface area contributed by atoms with Crippen LogP contribution in [0.2, 0.25) is 0 Å². The molecular weight excluding hydrogens is 276 g/mol. The molecule has 0 aromatic heterocycles. The number of hydrogen-bond acceptors (Lipinski definition) is 6. The van der Waals surface area contributed by atoms with Crippen LogP contribution in [0.3, 0.4) is 0 Å². The predicted molar refractivity (Wildman–Crippen MR) is 70.9 cm³/mol. The molecule has 0 aliphatic carbocycles. The normalized spacial score (nSPS) is 15.5. The maximum atomic E-state index is 12.4. The molecule has 0 aromatic rings. The lowest BCUT2D eigenvalue weighted by atomic mass is 10.3. The van der Waals surface area contributed by atoms with Crippen molar-refractivity contribution in [3.63, 3.8) is 0 Å². The SMILES string of the molecule is CC(C)(C)S(=O)(=O)C(C)(N=N)S(=O)(=O)C(C)(C)C.